The Morgan fingerprint density at radius 1 is 1.38 bits per heavy atom. The molecule has 2 rings (SSSR count). The second-order valence-electron chi connectivity index (χ2n) is 3.46. The van der Waals surface area contributed by atoms with E-state index < -0.39 is 0 Å². The zero-order valence-corrected chi connectivity index (χ0v) is 7.25. The summed E-state index contributed by atoms with van der Waals surface area (Å²) in [6, 6.07) is -0.710. The predicted octanol–water partition coefficient (Wildman–Crippen LogP) is 0.551. The molecule has 1 fully saturated rings. The van der Waals surface area contributed by atoms with Gasteiger partial charge < -0.3 is 5.32 Å². The molecule has 3 amide bonds. The second kappa shape index (κ2) is 3.20. The standard InChI is InChI=1S/C9H12N2O2/c12-8-7(10-9(13)11-8)6-4-2-1-3-5-6/h2,4,6-7H,1,3,5H2,(H2,10,11,12,13). The fraction of sp³-hybridized carbons (Fsp3) is 0.556. The Bertz CT molecular complexity index is 273. The largest absolute Gasteiger partial charge is 0.325 e. The van der Waals surface area contributed by atoms with Gasteiger partial charge >= 0.3 is 6.03 Å². The first-order valence-corrected chi connectivity index (χ1v) is 4.55. The molecule has 2 unspecified atom stereocenters. The van der Waals surface area contributed by atoms with Crippen molar-refractivity contribution in [2.24, 2.45) is 5.92 Å². The monoisotopic (exact) mass is 180 g/mol. The molecule has 2 N–H and O–H groups in total. The number of nitrogens with one attached hydrogen (secondary N) is 2. The van der Waals surface area contributed by atoms with Crippen LogP contribution in [0.2, 0.25) is 0 Å². The Hall–Kier alpha value is -1.32. The van der Waals surface area contributed by atoms with E-state index in [0.29, 0.717) is 0 Å². The molecule has 0 aromatic carbocycles. The van der Waals surface area contributed by atoms with Crippen LogP contribution in [-0.4, -0.2) is 18.0 Å². The van der Waals surface area contributed by atoms with Gasteiger partial charge in [-0.25, -0.2) is 4.79 Å². The topological polar surface area (TPSA) is 58.2 Å². The van der Waals surface area contributed by atoms with Gasteiger partial charge in [-0.1, -0.05) is 12.2 Å². The van der Waals surface area contributed by atoms with E-state index in [1.54, 1.807) is 0 Å². The maximum atomic E-state index is 11.3. The van der Waals surface area contributed by atoms with E-state index in [2.05, 4.69) is 16.7 Å². The summed E-state index contributed by atoms with van der Waals surface area (Å²) in [7, 11) is 0. The second-order valence-corrected chi connectivity index (χ2v) is 3.46. The van der Waals surface area contributed by atoms with Crippen LogP contribution in [0.15, 0.2) is 12.2 Å². The van der Waals surface area contributed by atoms with Crippen LogP contribution < -0.4 is 10.6 Å². The highest BCUT2D eigenvalue weighted by molar-refractivity contribution is 6.04. The molecule has 13 heavy (non-hydrogen) atoms. The van der Waals surface area contributed by atoms with Gasteiger partial charge in [0.15, 0.2) is 0 Å². The molecule has 0 radical (unpaired) electrons. The number of carbonyl (C=O) groups is 2. The Labute approximate surface area is 76.4 Å². The van der Waals surface area contributed by atoms with Crippen molar-refractivity contribution in [3.05, 3.63) is 12.2 Å². The number of urea groups is 1. The third kappa shape index (κ3) is 1.56. The van der Waals surface area contributed by atoms with E-state index in [9.17, 15) is 9.59 Å². The fourth-order valence-corrected chi connectivity index (χ4v) is 1.85. The third-order valence-electron chi connectivity index (χ3n) is 2.53. The highest BCUT2D eigenvalue weighted by Gasteiger charge is 2.34. The van der Waals surface area contributed by atoms with E-state index in [1.807, 2.05) is 6.08 Å². The van der Waals surface area contributed by atoms with Crippen molar-refractivity contribution in [2.45, 2.75) is 25.3 Å². The number of hydrogen-bond donors (Lipinski definition) is 2. The molecule has 1 heterocycles. The summed E-state index contributed by atoms with van der Waals surface area (Å²) in [5, 5.41) is 4.86. The normalized spacial score (nSPS) is 32.9. The van der Waals surface area contributed by atoms with Crippen LogP contribution in [0.4, 0.5) is 4.79 Å². The molecule has 0 bridgehead atoms. The lowest BCUT2D eigenvalue weighted by Gasteiger charge is -2.20. The highest BCUT2D eigenvalue weighted by atomic mass is 16.2. The number of hydrogen-bond acceptors (Lipinski definition) is 2. The third-order valence-corrected chi connectivity index (χ3v) is 2.53. The van der Waals surface area contributed by atoms with Gasteiger partial charge in [-0.3, -0.25) is 10.1 Å². The van der Waals surface area contributed by atoms with Crippen molar-refractivity contribution < 1.29 is 9.59 Å². The van der Waals surface area contributed by atoms with E-state index >= 15 is 0 Å². The van der Waals surface area contributed by atoms with Crippen LogP contribution in [0.25, 0.3) is 0 Å². The van der Waals surface area contributed by atoms with Gasteiger partial charge in [-0.05, 0) is 19.3 Å². The number of rotatable bonds is 1. The van der Waals surface area contributed by atoms with Crippen molar-refractivity contribution in [2.75, 3.05) is 0 Å². The molecule has 1 aliphatic heterocycles. The molecular formula is C9H12N2O2. The van der Waals surface area contributed by atoms with Gasteiger partial charge in [0.1, 0.15) is 6.04 Å². The van der Waals surface area contributed by atoms with Crippen molar-refractivity contribution in [3.63, 3.8) is 0 Å². The van der Waals surface area contributed by atoms with Crippen LogP contribution in [-0.2, 0) is 4.79 Å². The molecule has 0 aromatic rings. The predicted molar refractivity (Wildman–Crippen MR) is 46.9 cm³/mol. The highest BCUT2D eigenvalue weighted by Crippen LogP contribution is 2.21. The summed E-state index contributed by atoms with van der Waals surface area (Å²) in [5.74, 6) is -0.0123. The van der Waals surface area contributed by atoms with Gasteiger partial charge in [0.05, 0.1) is 0 Å². The first kappa shape index (κ1) is 8.29. The molecule has 2 atom stereocenters. The fourth-order valence-electron chi connectivity index (χ4n) is 1.85. The summed E-state index contributed by atoms with van der Waals surface area (Å²) in [6.07, 6.45) is 7.26. The Morgan fingerprint density at radius 2 is 2.23 bits per heavy atom. The zero-order valence-electron chi connectivity index (χ0n) is 7.25. The van der Waals surface area contributed by atoms with Gasteiger partial charge in [0.25, 0.3) is 5.91 Å². The van der Waals surface area contributed by atoms with Crippen molar-refractivity contribution >= 4 is 11.9 Å². The zero-order chi connectivity index (χ0) is 9.26. The summed E-state index contributed by atoms with van der Waals surface area (Å²) >= 11 is 0. The van der Waals surface area contributed by atoms with Crippen LogP contribution in [0.5, 0.6) is 0 Å². The molecule has 1 saturated heterocycles. The van der Waals surface area contributed by atoms with Crippen molar-refractivity contribution in [3.8, 4) is 0 Å². The first-order chi connectivity index (χ1) is 6.27. The van der Waals surface area contributed by atoms with E-state index in [4.69, 9.17) is 0 Å². The molecule has 0 spiro atoms. The Kier molecular flexibility index (Phi) is 2.04. The van der Waals surface area contributed by atoms with E-state index in [1.165, 1.54) is 0 Å². The van der Waals surface area contributed by atoms with Gasteiger partial charge in [0.2, 0.25) is 0 Å². The molecule has 0 saturated carbocycles. The quantitative estimate of drug-likeness (QED) is 0.457. The Morgan fingerprint density at radius 3 is 2.77 bits per heavy atom. The summed E-state index contributed by atoms with van der Waals surface area (Å²) in [6.45, 7) is 0. The maximum Gasteiger partial charge on any atom is 0.322 e. The summed E-state index contributed by atoms with van der Waals surface area (Å²) < 4.78 is 0. The smallest absolute Gasteiger partial charge is 0.322 e. The molecule has 1 aliphatic carbocycles. The first-order valence-electron chi connectivity index (χ1n) is 4.55. The van der Waals surface area contributed by atoms with Gasteiger partial charge in [-0.2, -0.15) is 0 Å². The lowest BCUT2D eigenvalue weighted by atomic mass is 9.89. The summed E-state index contributed by atoms with van der Waals surface area (Å²) in [4.78, 5) is 22.1. The summed E-state index contributed by atoms with van der Waals surface area (Å²) in [5.41, 5.74) is 0. The molecule has 4 nitrogen and oxygen atoms in total. The number of carbonyl (C=O) groups excluding carboxylic acids is 2. The molecule has 0 aromatic heterocycles. The number of imide groups is 1. The van der Waals surface area contributed by atoms with Crippen LogP contribution in [0, 0.1) is 5.92 Å². The van der Waals surface area contributed by atoms with Crippen molar-refractivity contribution in [1.82, 2.24) is 10.6 Å². The van der Waals surface area contributed by atoms with Crippen LogP contribution in [0.3, 0.4) is 0 Å². The molecular weight excluding hydrogens is 168 g/mol. The minimum atomic E-state index is -0.367. The minimum Gasteiger partial charge on any atom is -0.325 e. The Balaban J connectivity index is 2.07. The average molecular weight is 180 g/mol. The van der Waals surface area contributed by atoms with E-state index in [-0.39, 0.29) is 23.9 Å². The van der Waals surface area contributed by atoms with Crippen molar-refractivity contribution in [1.29, 1.82) is 0 Å². The minimum absolute atomic E-state index is 0.181. The average Bonchev–Trinajstić information content (AvgIpc) is 2.47. The SMILES string of the molecule is O=C1NC(=O)C(C2C=CCCC2)N1. The van der Waals surface area contributed by atoms with E-state index in [0.717, 1.165) is 19.3 Å². The molecule has 4 heteroatoms. The molecule has 70 valence electrons. The molecule has 2 aliphatic rings. The number of allylic oxidation sites excluding steroid dienone is 1. The van der Waals surface area contributed by atoms with Crippen LogP contribution in [0.1, 0.15) is 19.3 Å². The van der Waals surface area contributed by atoms with Crippen LogP contribution >= 0.6 is 0 Å². The lowest BCUT2D eigenvalue weighted by Crippen LogP contribution is -2.36. The van der Waals surface area contributed by atoms with Gasteiger partial charge in [0, 0.05) is 5.92 Å². The maximum absolute atomic E-state index is 11.3. The lowest BCUT2D eigenvalue weighted by molar-refractivity contribution is -0.120. The number of amides is 3. The van der Waals surface area contributed by atoms with Gasteiger partial charge in [-0.15, -0.1) is 0 Å².